The number of hydrogen-bond acceptors (Lipinski definition) is 3. The highest BCUT2D eigenvalue weighted by atomic mass is 32.1. The lowest BCUT2D eigenvalue weighted by molar-refractivity contribution is -0.142. The Morgan fingerprint density at radius 3 is 2.94 bits per heavy atom. The monoisotopic (exact) mass is 256 g/mol. The Balaban J connectivity index is 2.42. The van der Waals surface area contributed by atoms with E-state index in [-0.39, 0.29) is 18.6 Å². The van der Waals surface area contributed by atoms with Crippen LogP contribution in [0.4, 0.5) is 8.78 Å². The fourth-order valence-corrected chi connectivity index (χ4v) is 2.44. The molecule has 17 heavy (non-hydrogen) atoms. The number of benzene rings is 1. The molecule has 0 fully saturated rings. The quantitative estimate of drug-likeness (QED) is 0.788. The van der Waals surface area contributed by atoms with Crippen LogP contribution in [-0.4, -0.2) is 12.6 Å². The standard InChI is InChI=1S/C12H10F2O2S/c1-2-16-10(15)6-8-9(13)5-7-3-4-17-12(7)11(8)14/h3-5H,2,6H2,1H3. The van der Waals surface area contributed by atoms with Crippen LogP contribution < -0.4 is 0 Å². The predicted octanol–water partition coefficient (Wildman–Crippen LogP) is 3.29. The first-order valence-electron chi connectivity index (χ1n) is 5.13. The van der Waals surface area contributed by atoms with Gasteiger partial charge in [0, 0.05) is 5.56 Å². The molecule has 2 rings (SSSR count). The minimum Gasteiger partial charge on any atom is -0.466 e. The molecule has 0 saturated carbocycles. The summed E-state index contributed by atoms with van der Waals surface area (Å²) in [5, 5.41) is 2.19. The molecule has 1 heterocycles. The molecule has 0 spiro atoms. The van der Waals surface area contributed by atoms with Gasteiger partial charge in [0.2, 0.25) is 0 Å². The Labute approximate surface area is 101 Å². The van der Waals surface area contributed by atoms with Crippen molar-refractivity contribution in [3.63, 3.8) is 0 Å². The van der Waals surface area contributed by atoms with Crippen LogP contribution in [0.25, 0.3) is 10.1 Å². The molecule has 0 bridgehead atoms. The van der Waals surface area contributed by atoms with Gasteiger partial charge < -0.3 is 4.74 Å². The number of carbonyl (C=O) groups is 1. The van der Waals surface area contributed by atoms with Gasteiger partial charge in [-0.3, -0.25) is 4.79 Å². The van der Waals surface area contributed by atoms with Crippen molar-refractivity contribution in [2.24, 2.45) is 0 Å². The van der Waals surface area contributed by atoms with Crippen LogP contribution in [-0.2, 0) is 16.0 Å². The lowest BCUT2D eigenvalue weighted by atomic mass is 10.1. The summed E-state index contributed by atoms with van der Waals surface area (Å²) in [5.41, 5.74) is -0.224. The summed E-state index contributed by atoms with van der Waals surface area (Å²) in [6.07, 6.45) is -0.376. The first-order chi connectivity index (χ1) is 8.13. The molecule has 0 amide bonds. The van der Waals surface area contributed by atoms with Gasteiger partial charge in [0.25, 0.3) is 0 Å². The highest BCUT2D eigenvalue weighted by Gasteiger charge is 2.17. The summed E-state index contributed by atoms with van der Waals surface area (Å²) in [6, 6.07) is 2.88. The van der Waals surface area contributed by atoms with Crippen molar-refractivity contribution < 1.29 is 18.3 Å². The van der Waals surface area contributed by atoms with Gasteiger partial charge in [-0.15, -0.1) is 11.3 Å². The zero-order valence-corrected chi connectivity index (χ0v) is 9.94. The number of esters is 1. The van der Waals surface area contributed by atoms with Gasteiger partial charge in [-0.1, -0.05) is 0 Å². The van der Waals surface area contributed by atoms with Crippen LogP contribution in [0.2, 0.25) is 0 Å². The van der Waals surface area contributed by atoms with E-state index in [9.17, 15) is 13.6 Å². The molecular formula is C12H10F2O2S. The molecule has 0 aliphatic heterocycles. The van der Waals surface area contributed by atoms with Crippen molar-refractivity contribution in [3.05, 3.63) is 34.7 Å². The van der Waals surface area contributed by atoms with E-state index in [1.807, 2.05) is 0 Å². The topological polar surface area (TPSA) is 26.3 Å². The van der Waals surface area contributed by atoms with Crippen molar-refractivity contribution in [2.75, 3.05) is 6.61 Å². The van der Waals surface area contributed by atoms with Gasteiger partial charge in [-0.25, -0.2) is 8.78 Å². The summed E-state index contributed by atoms with van der Waals surface area (Å²) in [5.74, 6) is -1.99. The number of hydrogen-bond donors (Lipinski definition) is 0. The van der Waals surface area contributed by atoms with E-state index in [2.05, 4.69) is 4.74 Å². The van der Waals surface area contributed by atoms with E-state index < -0.39 is 17.6 Å². The Kier molecular flexibility index (Phi) is 3.38. The highest BCUT2D eigenvalue weighted by molar-refractivity contribution is 7.17. The van der Waals surface area contributed by atoms with E-state index in [0.717, 1.165) is 0 Å². The summed E-state index contributed by atoms with van der Waals surface area (Å²) in [7, 11) is 0. The maximum atomic E-state index is 13.9. The summed E-state index contributed by atoms with van der Waals surface area (Å²) in [6.45, 7) is 1.84. The largest absolute Gasteiger partial charge is 0.466 e. The first kappa shape index (κ1) is 12.0. The maximum Gasteiger partial charge on any atom is 0.310 e. The molecule has 0 radical (unpaired) electrons. The SMILES string of the molecule is CCOC(=O)Cc1c(F)cc2ccsc2c1F. The smallest absolute Gasteiger partial charge is 0.310 e. The average Bonchev–Trinajstić information content (AvgIpc) is 2.72. The predicted molar refractivity (Wildman–Crippen MR) is 62.1 cm³/mol. The molecule has 0 atom stereocenters. The summed E-state index contributed by atoms with van der Waals surface area (Å²) >= 11 is 1.18. The van der Waals surface area contributed by atoms with Gasteiger partial charge in [0.15, 0.2) is 0 Å². The van der Waals surface area contributed by atoms with Gasteiger partial charge >= 0.3 is 5.97 Å². The molecule has 0 saturated heterocycles. The van der Waals surface area contributed by atoms with Crippen LogP contribution in [0.1, 0.15) is 12.5 Å². The number of halogens is 2. The molecule has 90 valence electrons. The van der Waals surface area contributed by atoms with Crippen molar-refractivity contribution in [3.8, 4) is 0 Å². The number of carbonyl (C=O) groups excluding carboxylic acids is 1. The number of fused-ring (bicyclic) bond motifs is 1. The molecular weight excluding hydrogens is 246 g/mol. The fourth-order valence-electron chi connectivity index (χ4n) is 1.60. The third-order valence-electron chi connectivity index (χ3n) is 2.36. The fraction of sp³-hybridized carbons (Fsp3) is 0.250. The molecule has 2 nitrogen and oxygen atoms in total. The van der Waals surface area contributed by atoms with Crippen molar-refractivity contribution in [1.29, 1.82) is 0 Å². The van der Waals surface area contributed by atoms with Crippen LogP contribution in [0.3, 0.4) is 0 Å². The van der Waals surface area contributed by atoms with E-state index >= 15 is 0 Å². The third-order valence-corrected chi connectivity index (χ3v) is 3.28. The van der Waals surface area contributed by atoms with E-state index in [0.29, 0.717) is 10.1 Å². The number of rotatable bonds is 3. The molecule has 0 N–H and O–H groups in total. The van der Waals surface area contributed by atoms with Gasteiger partial charge in [0.1, 0.15) is 11.6 Å². The normalized spacial score (nSPS) is 10.8. The zero-order chi connectivity index (χ0) is 12.4. The molecule has 0 aliphatic rings. The van der Waals surface area contributed by atoms with Crippen LogP contribution in [0.15, 0.2) is 17.5 Å². The van der Waals surface area contributed by atoms with E-state index in [1.165, 1.54) is 17.4 Å². The van der Waals surface area contributed by atoms with Crippen molar-refractivity contribution in [2.45, 2.75) is 13.3 Å². The lowest BCUT2D eigenvalue weighted by Gasteiger charge is -2.05. The Morgan fingerprint density at radius 2 is 2.24 bits per heavy atom. The lowest BCUT2D eigenvalue weighted by Crippen LogP contribution is -2.10. The van der Waals surface area contributed by atoms with Gasteiger partial charge in [-0.2, -0.15) is 0 Å². The van der Waals surface area contributed by atoms with Crippen LogP contribution >= 0.6 is 11.3 Å². The van der Waals surface area contributed by atoms with Gasteiger partial charge in [-0.05, 0) is 29.8 Å². The van der Waals surface area contributed by atoms with Crippen molar-refractivity contribution >= 4 is 27.4 Å². The molecule has 1 aromatic heterocycles. The molecule has 2 aromatic rings. The Bertz CT molecular complexity index is 563. The Morgan fingerprint density at radius 1 is 1.47 bits per heavy atom. The molecule has 5 heteroatoms. The van der Waals surface area contributed by atoms with Crippen molar-refractivity contribution in [1.82, 2.24) is 0 Å². The second-order valence-electron chi connectivity index (χ2n) is 3.47. The first-order valence-corrected chi connectivity index (χ1v) is 6.01. The third kappa shape index (κ3) is 2.29. The molecule has 0 aliphatic carbocycles. The highest BCUT2D eigenvalue weighted by Crippen LogP contribution is 2.28. The minimum atomic E-state index is -0.707. The zero-order valence-electron chi connectivity index (χ0n) is 9.13. The summed E-state index contributed by atoms with van der Waals surface area (Å²) < 4.78 is 32.6. The number of thiophene rings is 1. The van der Waals surface area contributed by atoms with Gasteiger partial charge in [0.05, 0.1) is 17.7 Å². The molecule has 0 unspecified atom stereocenters. The van der Waals surface area contributed by atoms with E-state index in [1.54, 1.807) is 18.4 Å². The number of ether oxygens (including phenoxy) is 1. The minimum absolute atomic E-state index is 0.198. The maximum absolute atomic E-state index is 13.9. The van der Waals surface area contributed by atoms with Crippen LogP contribution in [0, 0.1) is 11.6 Å². The average molecular weight is 256 g/mol. The van der Waals surface area contributed by atoms with E-state index in [4.69, 9.17) is 0 Å². The van der Waals surface area contributed by atoms with Crippen LogP contribution in [0.5, 0.6) is 0 Å². The Hall–Kier alpha value is -1.49. The second kappa shape index (κ2) is 4.79. The molecule has 1 aromatic carbocycles. The second-order valence-corrected chi connectivity index (χ2v) is 4.39. The summed E-state index contributed by atoms with van der Waals surface area (Å²) in [4.78, 5) is 11.2.